The van der Waals surface area contributed by atoms with Crippen molar-refractivity contribution < 1.29 is 24.0 Å². The largest absolute Gasteiger partial charge is 0.380 e. The third-order valence-corrected chi connectivity index (χ3v) is 10.1. The standard InChI is InChI=1S/C33H38N6O5/c1-20-13-21-7-10-33(14-20,15-21)16-28(41)37-11-8-23(9-12-37)38-19-22(18-35-38)17-34-25-4-2-3-24-29(25)32(44)39(31(24)43)26-5-6-27(40)36-30(26)42/h2-4,7,18-20,23,26,34H,5-6,8-17H2,1H3,(H,36,40,42). The Balaban J connectivity index is 0.949. The number of likely N-dealkylation sites (tertiary alicyclic amines) is 1. The molecule has 4 heterocycles. The number of amides is 5. The van der Waals surface area contributed by atoms with E-state index in [9.17, 15) is 24.0 Å². The van der Waals surface area contributed by atoms with Crippen molar-refractivity contribution in [3.8, 4) is 0 Å². The molecule has 1 aromatic heterocycles. The molecular weight excluding hydrogens is 560 g/mol. The van der Waals surface area contributed by atoms with Crippen LogP contribution in [-0.2, 0) is 20.9 Å². The zero-order valence-electron chi connectivity index (χ0n) is 25.0. The Kier molecular flexibility index (Phi) is 7.13. The lowest BCUT2D eigenvalue weighted by atomic mass is 9.69. The van der Waals surface area contributed by atoms with Crippen LogP contribution in [0.2, 0.25) is 0 Å². The Labute approximate surface area is 256 Å². The van der Waals surface area contributed by atoms with Gasteiger partial charge in [0.1, 0.15) is 6.04 Å². The average molecular weight is 599 g/mol. The van der Waals surface area contributed by atoms with Crippen LogP contribution >= 0.6 is 0 Å². The van der Waals surface area contributed by atoms with E-state index in [1.807, 2.05) is 15.8 Å². The number of benzene rings is 1. The topological polar surface area (TPSA) is 134 Å². The number of imide groups is 2. The molecule has 2 aromatic rings. The number of hydrogen-bond acceptors (Lipinski definition) is 7. The van der Waals surface area contributed by atoms with E-state index in [1.165, 1.54) is 6.42 Å². The third kappa shape index (κ3) is 5.11. The van der Waals surface area contributed by atoms with Gasteiger partial charge >= 0.3 is 0 Å². The van der Waals surface area contributed by atoms with Gasteiger partial charge in [0.05, 0.1) is 23.4 Å². The molecule has 3 fully saturated rings. The maximum Gasteiger partial charge on any atom is 0.264 e. The van der Waals surface area contributed by atoms with Gasteiger partial charge < -0.3 is 10.2 Å². The Morgan fingerprint density at radius 1 is 1.11 bits per heavy atom. The summed E-state index contributed by atoms with van der Waals surface area (Å²) in [5, 5.41) is 10.1. The Bertz CT molecular complexity index is 1590. The van der Waals surface area contributed by atoms with Crippen molar-refractivity contribution in [3.63, 3.8) is 0 Å². The molecule has 11 heteroatoms. The number of carbonyl (C=O) groups is 5. The first kappa shape index (κ1) is 28.5. The molecule has 2 bridgehead atoms. The minimum atomic E-state index is -1.00. The Morgan fingerprint density at radius 2 is 1.93 bits per heavy atom. The molecule has 3 atom stereocenters. The first-order valence-electron chi connectivity index (χ1n) is 15.8. The first-order chi connectivity index (χ1) is 21.2. The molecule has 7 rings (SSSR count). The number of nitrogens with zero attached hydrogens (tertiary/aromatic N) is 4. The van der Waals surface area contributed by atoms with E-state index in [0.717, 1.165) is 55.7 Å². The molecule has 1 aromatic carbocycles. The predicted octanol–water partition coefficient (Wildman–Crippen LogP) is 3.59. The van der Waals surface area contributed by atoms with Crippen molar-refractivity contribution in [1.29, 1.82) is 0 Å². The summed E-state index contributed by atoms with van der Waals surface area (Å²) in [5.41, 5.74) is 3.60. The van der Waals surface area contributed by atoms with Crippen molar-refractivity contribution >= 4 is 35.2 Å². The van der Waals surface area contributed by atoms with Crippen molar-refractivity contribution in [2.75, 3.05) is 18.4 Å². The summed E-state index contributed by atoms with van der Waals surface area (Å²) in [6.07, 6.45) is 13.2. The van der Waals surface area contributed by atoms with Crippen LogP contribution in [0.1, 0.15) is 97.0 Å². The molecule has 3 unspecified atom stereocenters. The van der Waals surface area contributed by atoms with Crippen LogP contribution in [0.25, 0.3) is 0 Å². The van der Waals surface area contributed by atoms with Crippen LogP contribution in [-0.4, -0.2) is 68.2 Å². The highest BCUT2D eigenvalue weighted by Gasteiger charge is 2.46. The minimum Gasteiger partial charge on any atom is -0.380 e. The minimum absolute atomic E-state index is 0.0761. The summed E-state index contributed by atoms with van der Waals surface area (Å²) < 4.78 is 1.97. The molecule has 5 aliphatic rings. The Morgan fingerprint density at radius 3 is 2.73 bits per heavy atom. The fourth-order valence-electron chi connectivity index (χ4n) is 8.10. The Hall–Kier alpha value is -4.28. The first-order valence-corrected chi connectivity index (χ1v) is 15.8. The van der Waals surface area contributed by atoms with E-state index in [4.69, 9.17) is 0 Å². The van der Waals surface area contributed by atoms with E-state index >= 15 is 0 Å². The number of allylic oxidation sites excluding steroid dienone is 2. The van der Waals surface area contributed by atoms with Crippen LogP contribution in [0.4, 0.5) is 5.69 Å². The normalized spacial score (nSPS) is 27.0. The molecule has 11 nitrogen and oxygen atoms in total. The molecule has 1 saturated carbocycles. The van der Waals surface area contributed by atoms with Gasteiger partial charge in [0.25, 0.3) is 11.8 Å². The number of nitrogens with one attached hydrogen (secondary N) is 2. The molecule has 0 spiro atoms. The molecule has 2 saturated heterocycles. The zero-order valence-corrected chi connectivity index (χ0v) is 25.0. The van der Waals surface area contributed by atoms with Gasteiger partial charge in [-0.25, -0.2) is 0 Å². The van der Waals surface area contributed by atoms with Crippen LogP contribution in [0.15, 0.2) is 42.2 Å². The predicted molar refractivity (Wildman–Crippen MR) is 160 cm³/mol. The fourth-order valence-corrected chi connectivity index (χ4v) is 8.10. The quantitative estimate of drug-likeness (QED) is 0.368. The molecule has 3 aliphatic heterocycles. The summed E-state index contributed by atoms with van der Waals surface area (Å²) in [6, 6.07) is 4.23. The number of fused-ring (bicyclic) bond motifs is 3. The van der Waals surface area contributed by atoms with Crippen molar-refractivity contribution in [2.24, 2.45) is 11.3 Å². The second-order valence-corrected chi connectivity index (χ2v) is 13.4. The number of hydrogen-bond donors (Lipinski definition) is 2. The SMILES string of the molecule is CC1CC2=CCC(CC(=O)N3CCC(n4cc(CNc5cccc6c5C(=O)N(C5CCC(=O)NC5=O)C6=O)cn4)CC3)(C2)C1. The number of aromatic nitrogens is 2. The maximum atomic E-state index is 13.4. The second-order valence-electron chi connectivity index (χ2n) is 13.4. The zero-order chi connectivity index (χ0) is 30.6. The molecular formula is C33H38N6O5. The fraction of sp³-hybridized carbons (Fsp3) is 0.515. The van der Waals surface area contributed by atoms with Gasteiger partial charge in [0, 0.05) is 49.9 Å². The molecule has 5 amide bonds. The van der Waals surface area contributed by atoms with E-state index in [2.05, 4.69) is 28.7 Å². The third-order valence-electron chi connectivity index (χ3n) is 10.1. The van der Waals surface area contributed by atoms with Crippen molar-refractivity contribution in [1.82, 2.24) is 24.9 Å². The van der Waals surface area contributed by atoms with Crippen LogP contribution in [0.3, 0.4) is 0 Å². The summed E-state index contributed by atoms with van der Waals surface area (Å²) >= 11 is 0. The van der Waals surface area contributed by atoms with Gasteiger partial charge in [0.2, 0.25) is 17.7 Å². The van der Waals surface area contributed by atoms with Crippen molar-refractivity contribution in [3.05, 3.63) is 58.9 Å². The van der Waals surface area contributed by atoms with Gasteiger partial charge in [-0.1, -0.05) is 24.6 Å². The number of carbonyl (C=O) groups excluding carboxylic acids is 5. The monoisotopic (exact) mass is 598 g/mol. The van der Waals surface area contributed by atoms with Gasteiger partial charge in [-0.2, -0.15) is 5.10 Å². The summed E-state index contributed by atoms with van der Waals surface area (Å²) in [5.74, 6) is -1.15. The molecule has 0 radical (unpaired) electrons. The van der Waals surface area contributed by atoms with E-state index in [1.54, 1.807) is 30.0 Å². The number of piperidine rings is 2. The van der Waals surface area contributed by atoms with Crippen LogP contribution < -0.4 is 10.6 Å². The lowest BCUT2D eigenvalue weighted by Crippen LogP contribution is -2.54. The molecule has 2 aliphatic carbocycles. The van der Waals surface area contributed by atoms with Gasteiger partial charge in [0.15, 0.2) is 0 Å². The number of anilines is 1. The maximum absolute atomic E-state index is 13.4. The average Bonchev–Trinajstić information content (AvgIpc) is 3.67. The summed E-state index contributed by atoms with van der Waals surface area (Å²) in [4.78, 5) is 66.8. The lowest BCUT2D eigenvalue weighted by molar-refractivity contribution is -0.137. The molecule has 2 N–H and O–H groups in total. The van der Waals surface area contributed by atoms with Crippen LogP contribution in [0.5, 0.6) is 0 Å². The molecule has 44 heavy (non-hydrogen) atoms. The summed E-state index contributed by atoms with van der Waals surface area (Å²) in [6.45, 7) is 4.17. The smallest absolute Gasteiger partial charge is 0.264 e. The van der Waals surface area contributed by atoms with Crippen LogP contribution in [0, 0.1) is 11.3 Å². The highest BCUT2D eigenvalue weighted by atomic mass is 16.2. The second kappa shape index (κ2) is 11.0. The van der Waals surface area contributed by atoms with E-state index in [0.29, 0.717) is 24.6 Å². The van der Waals surface area contributed by atoms with E-state index < -0.39 is 29.7 Å². The number of rotatable bonds is 7. The van der Waals surface area contributed by atoms with Gasteiger partial charge in [-0.15, -0.1) is 0 Å². The molecule has 230 valence electrons. The van der Waals surface area contributed by atoms with Gasteiger partial charge in [-0.3, -0.25) is 38.9 Å². The van der Waals surface area contributed by atoms with Gasteiger partial charge in [-0.05, 0) is 68.4 Å². The highest BCUT2D eigenvalue weighted by molar-refractivity contribution is 6.25. The highest BCUT2D eigenvalue weighted by Crippen LogP contribution is 2.52. The van der Waals surface area contributed by atoms with E-state index in [-0.39, 0.29) is 41.3 Å². The summed E-state index contributed by atoms with van der Waals surface area (Å²) in [7, 11) is 0. The lowest BCUT2D eigenvalue weighted by Gasteiger charge is -2.39. The van der Waals surface area contributed by atoms with Crippen molar-refractivity contribution in [2.45, 2.75) is 83.3 Å².